The third-order valence-corrected chi connectivity index (χ3v) is 6.61. The molecule has 1 aliphatic heterocycles. The molecule has 6 atom stereocenters. The first-order chi connectivity index (χ1) is 20.2. The van der Waals surface area contributed by atoms with E-state index in [-0.39, 0.29) is 18.2 Å². The molecular weight excluding hydrogens is 536 g/mol. The number of ether oxygens (including phenoxy) is 1. The second-order valence-corrected chi connectivity index (χ2v) is 10.5. The molecule has 9 heteroatoms. The van der Waals surface area contributed by atoms with Crippen molar-refractivity contribution in [2.24, 2.45) is 5.92 Å². The SMILES string of the molecule is CCC=CCC=CCC=CCC=CCC=CCC=CCCC(=O)N[C@H](C(=O)NC1[C@H](O)OC(CO)[C@@H](O)[C@H]1O)C(C)C. The van der Waals surface area contributed by atoms with Gasteiger partial charge >= 0.3 is 0 Å². The van der Waals surface area contributed by atoms with Crippen LogP contribution in [0, 0.1) is 5.92 Å². The monoisotopic (exact) mass is 588 g/mol. The van der Waals surface area contributed by atoms with Crippen LogP contribution in [0.1, 0.15) is 72.1 Å². The molecule has 0 bridgehead atoms. The average molecular weight is 589 g/mol. The number of rotatable bonds is 19. The molecule has 42 heavy (non-hydrogen) atoms. The van der Waals surface area contributed by atoms with Crippen LogP contribution in [-0.2, 0) is 14.3 Å². The molecule has 236 valence electrons. The van der Waals surface area contributed by atoms with Gasteiger partial charge in [-0.3, -0.25) is 9.59 Å². The Morgan fingerprint density at radius 2 is 1.24 bits per heavy atom. The van der Waals surface area contributed by atoms with Crippen molar-refractivity contribution in [1.82, 2.24) is 10.6 Å². The van der Waals surface area contributed by atoms with E-state index in [1.165, 1.54) is 0 Å². The number of nitrogens with one attached hydrogen (secondary N) is 2. The van der Waals surface area contributed by atoms with Gasteiger partial charge in [0.15, 0.2) is 6.29 Å². The summed E-state index contributed by atoms with van der Waals surface area (Å²) in [6.45, 7) is 5.05. The van der Waals surface area contributed by atoms with Gasteiger partial charge in [0.05, 0.1) is 6.61 Å². The lowest BCUT2D eigenvalue weighted by atomic mass is 9.95. The van der Waals surface area contributed by atoms with Crippen molar-refractivity contribution in [3.05, 3.63) is 72.9 Å². The van der Waals surface area contributed by atoms with E-state index in [0.29, 0.717) is 6.42 Å². The maximum absolute atomic E-state index is 12.8. The topological polar surface area (TPSA) is 148 Å². The predicted octanol–water partition coefficient (Wildman–Crippen LogP) is 3.52. The van der Waals surface area contributed by atoms with Crippen LogP contribution in [0.4, 0.5) is 0 Å². The van der Waals surface area contributed by atoms with Crippen molar-refractivity contribution in [2.45, 2.75) is 109 Å². The molecule has 1 rings (SSSR count). The van der Waals surface area contributed by atoms with Crippen LogP contribution in [-0.4, -0.2) is 75.5 Å². The van der Waals surface area contributed by atoms with Crippen molar-refractivity contribution in [3.63, 3.8) is 0 Å². The van der Waals surface area contributed by atoms with Gasteiger partial charge in [-0.15, -0.1) is 0 Å². The number of amides is 2. The van der Waals surface area contributed by atoms with Gasteiger partial charge in [0.25, 0.3) is 0 Å². The lowest BCUT2D eigenvalue weighted by molar-refractivity contribution is -0.254. The molecule has 0 saturated carbocycles. The quantitative estimate of drug-likeness (QED) is 0.127. The van der Waals surface area contributed by atoms with E-state index in [0.717, 1.165) is 38.5 Å². The number of aliphatic hydroxyl groups excluding tert-OH is 4. The van der Waals surface area contributed by atoms with Crippen molar-refractivity contribution in [3.8, 4) is 0 Å². The highest BCUT2D eigenvalue weighted by Gasteiger charge is 2.45. The third-order valence-electron chi connectivity index (χ3n) is 6.61. The molecule has 2 unspecified atom stereocenters. The van der Waals surface area contributed by atoms with Crippen molar-refractivity contribution >= 4 is 11.8 Å². The van der Waals surface area contributed by atoms with Crippen molar-refractivity contribution in [1.29, 1.82) is 0 Å². The van der Waals surface area contributed by atoms with Gasteiger partial charge in [0, 0.05) is 6.42 Å². The van der Waals surface area contributed by atoms with Gasteiger partial charge in [-0.05, 0) is 50.9 Å². The third kappa shape index (κ3) is 15.4. The van der Waals surface area contributed by atoms with E-state index in [4.69, 9.17) is 4.74 Å². The molecule has 0 radical (unpaired) electrons. The summed E-state index contributed by atoms with van der Waals surface area (Å²) in [5.74, 6) is -1.19. The zero-order valence-electron chi connectivity index (χ0n) is 25.3. The molecule has 2 amide bonds. The van der Waals surface area contributed by atoms with Crippen LogP contribution < -0.4 is 10.6 Å². The minimum absolute atomic E-state index is 0.202. The van der Waals surface area contributed by atoms with E-state index in [9.17, 15) is 30.0 Å². The second kappa shape index (κ2) is 22.7. The zero-order chi connectivity index (χ0) is 31.2. The highest BCUT2D eigenvalue weighted by atomic mass is 16.6. The van der Waals surface area contributed by atoms with Crippen molar-refractivity contribution in [2.75, 3.05) is 6.61 Å². The van der Waals surface area contributed by atoms with E-state index in [1.54, 1.807) is 13.8 Å². The number of hydrogen-bond donors (Lipinski definition) is 6. The Bertz CT molecular complexity index is 939. The highest BCUT2D eigenvalue weighted by Crippen LogP contribution is 2.20. The van der Waals surface area contributed by atoms with Gasteiger partial charge in [-0.25, -0.2) is 0 Å². The molecule has 0 aromatic rings. The van der Waals surface area contributed by atoms with Gasteiger partial charge < -0.3 is 35.8 Å². The Morgan fingerprint density at radius 1 is 0.762 bits per heavy atom. The highest BCUT2D eigenvalue weighted by molar-refractivity contribution is 5.88. The molecule has 0 spiro atoms. The molecule has 1 aliphatic rings. The van der Waals surface area contributed by atoms with Crippen LogP contribution in [0.3, 0.4) is 0 Å². The Balaban J connectivity index is 2.29. The standard InChI is InChI=1S/C33H52N2O7/c1-4-5-6-7-8-9-10-11-12-13-14-15-16-17-18-19-20-21-22-23-27(37)34-28(25(2)3)32(40)35-29-31(39)30(38)26(24-36)42-33(29)41/h5-6,8-9,11-12,14-15,17-18,20-21,25-26,28-31,33,36,38-39,41H,4,7,10,13,16,19,22-24H2,1-3H3,(H,34,37)(H,35,40)/t26?,28-,29?,30+,31-,33+/m0/s1. The predicted molar refractivity (Wildman–Crippen MR) is 166 cm³/mol. The van der Waals surface area contributed by atoms with Gasteiger partial charge in [-0.1, -0.05) is 93.7 Å². The number of allylic oxidation sites excluding steroid dienone is 12. The van der Waals surface area contributed by atoms with Crippen LogP contribution in [0.5, 0.6) is 0 Å². The first kappa shape index (κ1) is 37.2. The van der Waals surface area contributed by atoms with E-state index in [1.807, 2.05) is 12.2 Å². The Kier molecular flexibility index (Phi) is 20.1. The van der Waals surface area contributed by atoms with Gasteiger partial charge in [-0.2, -0.15) is 0 Å². The summed E-state index contributed by atoms with van der Waals surface area (Å²) in [6, 6.07) is -2.22. The van der Waals surface area contributed by atoms with E-state index < -0.39 is 49.2 Å². The van der Waals surface area contributed by atoms with Gasteiger partial charge in [0.2, 0.25) is 11.8 Å². The molecule has 1 fully saturated rings. The van der Waals surface area contributed by atoms with E-state index in [2.05, 4.69) is 78.3 Å². The average Bonchev–Trinajstić information content (AvgIpc) is 2.96. The maximum Gasteiger partial charge on any atom is 0.243 e. The summed E-state index contributed by atoms with van der Waals surface area (Å²) < 4.78 is 5.07. The van der Waals surface area contributed by atoms with E-state index >= 15 is 0 Å². The zero-order valence-corrected chi connectivity index (χ0v) is 25.3. The lowest BCUT2D eigenvalue weighted by Crippen LogP contribution is -2.66. The summed E-state index contributed by atoms with van der Waals surface area (Å²) in [5, 5.41) is 44.8. The fourth-order valence-electron chi connectivity index (χ4n) is 4.14. The summed E-state index contributed by atoms with van der Waals surface area (Å²) in [7, 11) is 0. The molecular formula is C33H52N2O7. The minimum atomic E-state index is -1.62. The maximum atomic E-state index is 12.8. The molecule has 0 aromatic heterocycles. The molecule has 0 aliphatic carbocycles. The molecule has 6 N–H and O–H groups in total. The Hall–Kier alpha value is -2.82. The first-order valence-electron chi connectivity index (χ1n) is 15.0. The Morgan fingerprint density at radius 3 is 1.69 bits per heavy atom. The number of carbonyl (C=O) groups excluding carboxylic acids is 2. The molecule has 1 saturated heterocycles. The van der Waals surface area contributed by atoms with Gasteiger partial charge in [0.1, 0.15) is 30.4 Å². The fourth-order valence-corrected chi connectivity index (χ4v) is 4.14. The fraction of sp³-hybridized carbons (Fsp3) is 0.576. The van der Waals surface area contributed by atoms with Crippen LogP contribution in [0.15, 0.2) is 72.9 Å². The second-order valence-electron chi connectivity index (χ2n) is 10.5. The van der Waals surface area contributed by atoms with Crippen molar-refractivity contribution < 1.29 is 34.8 Å². The molecule has 1 heterocycles. The summed E-state index contributed by atoms with van der Waals surface area (Å²) in [5.41, 5.74) is 0. The normalized spacial score (nSPS) is 24.3. The number of aliphatic hydroxyl groups is 4. The van der Waals surface area contributed by atoms with Crippen LogP contribution in [0.2, 0.25) is 0 Å². The number of hydrogen-bond acceptors (Lipinski definition) is 7. The Labute approximate surface area is 251 Å². The lowest BCUT2D eigenvalue weighted by Gasteiger charge is -2.40. The molecule has 0 aromatic carbocycles. The largest absolute Gasteiger partial charge is 0.394 e. The summed E-state index contributed by atoms with van der Waals surface area (Å²) in [4.78, 5) is 25.3. The smallest absolute Gasteiger partial charge is 0.243 e. The number of carbonyl (C=O) groups is 2. The van der Waals surface area contributed by atoms with Crippen LogP contribution in [0.25, 0.3) is 0 Å². The minimum Gasteiger partial charge on any atom is -0.394 e. The molecule has 9 nitrogen and oxygen atoms in total. The first-order valence-corrected chi connectivity index (χ1v) is 15.0. The van der Waals surface area contributed by atoms with Crippen LogP contribution >= 0.6 is 0 Å². The summed E-state index contributed by atoms with van der Waals surface area (Å²) >= 11 is 0. The summed E-state index contributed by atoms with van der Waals surface area (Å²) in [6.07, 6.45) is 25.9.